The van der Waals surface area contributed by atoms with Gasteiger partial charge in [0.1, 0.15) is 0 Å². The molecule has 1 aliphatic rings. The maximum absolute atomic E-state index is 10.6. The zero-order chi connectivity index (χ0) is 6.69. The first-order valence-electron chi connectivity index (χ1n) is 2.97. The minimum Gasteiger partial charge on any atom is -0.274 e. The summed E-state index contributed by atoms with van der Waals surface area (Å²) in [6, 6.07) is 0. The molecule has 0 fully saturated rings. The summed E-state index contributed by atoms with van der Waals surface area (Å²) < 4.78 is 0. The third kappa shape index (κ3) is 1.54. The smallest absolute Gasteiger partial charge is 0.233 e. The summed E-state index contributed by atoms with van der Waals surface area (Å²) in [6.07, 6.45) is 3.97. The highest BCUT2D eigenvalue weighted by molar-refractivity contribution is 5.72. The standard InChI is InChI=1S/C6H10N2O/c1-6(9)8-5-3-2-4-7-8/h2-3,7H,4-5H2,1H3. The molecule has 0 atom stereocenters. The van der Waals surface area contributed by atoms with Gasteiger partial charge in [0.05, 0.1) is 6.54 Å². The number of rotatable bonds is 0. The molecule has 0 aliphatic carbocycles. The van der Waals surface area contributed by atoms with Gasteiger partial charge in [-0.2, -0.15) is 0 Å². The molecule has 0 saturated carbocycles. The van der Waals surface area contributed by atoms with Crippen molar-refractivity contribution in [3.05, 3.63) is 12.2 Å². The van der Waals surface area contributed by atoms with E-state index in [4.69, 9.17) is 0 Å². The molecular weight excluding hydrogens is 116 g/mol. The average Bonchev–Trinajstić information content (AvgIpc) is 1.90. The zero-order valence-corrected chi connectivity index (χ0v) is 5.42. The van der Waals surface area contributed by atoms with E-state index in [0.29, 0.717) is 6.54 Å². The minimum absolute atomic E-state index is 0.0688. The van der Waals surface area contributed by atoms with Crippen molar-refractivity contribution >= 4 is 5.91 Å². The molecule has 3 heteroatoms. The second-order valence-corrected chi connectivity index (χ2v) is 1.96. The number of amides is 1. The Bertz CT molecular complexity index is 142. The van der Waals surface area contributed by atoms with E-state index >= 15 is 0 Å². The van der Waals surface area contributed by atoms with E-state index in [1.807, 2.05) is 12.2 Å². The Kier molecular flexibility index (Phi) is 1.85. The van der Waals surface area contributed by atoms with E-state index < -0.39 is 0 Å². The number of nitrogens with zero attached hydrogens (tertiary/aromatic N) is 1. The molecule has 0 spiro atoms. The lowest BCUT2D eigenvalue weighted by Crippen LogP contribution is -2.43. The molecule has 1 N–H and O–H groups in total. The largest absolute Gasteiger partial charge is 0.274 e. The monoisotopic (exact) mass is 126 g/mol. The van der Waals surface area contributed by atoms with Gasteiger partial charge in [0, 0.05) is 13.5 Å². The van der Waals surface area contributed by atoms with Crippen LogP contribution >= 0.6 is 0 Å². The van der Waals surface area contributed by atoms with Crippen LogP contribution in [0.3, 0.4) is 0 Å². The van der Waals surface area contributed by atoms with E-state index in [1.54, 1.807) is 11.9 Å². The number of hydrazine groups is 1. The van der Waals surface area contributed by atoms with Crippen LogP contribution in [0.4, 0.5) is 0 Å². The van der Waals surface area contributed by atoms with Crippen molar-refractivity contribution in [3.63, 3.8) is 0 Å². The molecule has 0 saturated heterocycles. The van der Waals surface area contributed by atoms with Gasteiger partial charge in [-0.3, -0.25) is 9.80 Å². The SMILES string of the molecule is CC(=O)N1CC=CCN1. The highest BCUT2D eigenvalue weighted by atomic mass is 16.2. The van der Waals surface area contributed by atoms with Crippen molar-refractivity contribution in [3.8, 4) is 0 Å². The summed E-state index contributed by atoms with van der Waals surface area (Å²) in [6.45, 7) is 3.00. The first kappa shape index (κ1) is 6.29. The van der Waals surface area contributed by atoms with Crippen molar-refractivity contribution in [2.45, 2.75) is 6.92 Å². The fraction of sp³-hybridized carbons (Fsp3) is 0.500. The Morgan fingerprint density at radius 2 is 2.44 bits per heavy atom. The molecule has 0 aromatic rings. The predicted molar refractivity (Wildman–Crippen MR) is 34.5 cm³/mol. The molecule has 1 amide bonds. The molecule has 1 aliphatic heterocycles. The van der Waals surface area contributed by atoms with Crippen molar-refractivity contribution in [1.82, 2.24) is 10.4 Å². The summed E-state index contributed by atoms with van der Waals surface area (Å²) in [5.41, 5.74) is 2.92. The van der Waals surface area contributed by atoms with Crippen LogP contribution in [0, 0.1) is 0 Å². The van der Waals surface area contributed by atoms with Crippen molar-refractivity contribution < 1.29 is 4.79 Å². The lowest BCUT2D eigenvalue weighted by Gasteiger charge is -2.22. The van der Waals surface area contributed by atoms with Crippen LogP contribution in [0.1, 0.15) is 6.92 Å². The summed E-state index contributed by atoms with van der Waals surface area (Å²) in [5.74, 6) is 0.0688. The maximum atomic E-state index is 10.6. The van der Waals surface area contributed by atoms with Crippen LogP contribution in [0.15, 0.2) is 12.2 Å². The number of hydrogen-bond acceptors (Lipinski definition) is 2. The van der Waals surface area contributed by atoms with Crippen LogP contribution in [0.25, 0.3) is 0 Å². The van der Waals surface area contributed by atoms with Gasteiger partial charge in [0.25, 0.3) is 0 Å². The molecule has 0 unspecified atom stereocenters. The second kappa shape index (κ2) is 2.64. The van der Waals surface area contributed by atoms with Crippen LogP contribution in [-0.2, 0) is 4.79 Å². The topological polar surface area (TPSA) is 32.3 Å². The van der Waals surface area contributed by atoms with Crippen molar-refractivity contribution in [2.24, 2.45) is 0 Å². The van der Waals surface area contributed by atoms with E-state index in [0.717, 1.165) is 6.54 Å². The van der Waals surface area contributed by atoms with Crippen LogP contribution in [0.2, 0.25) is 0 Å². The molecule has 0 aromatic heterocycles. The minimum atomic E-state index is 0.0688. The molecular formula is C6H10N2O. The van der Waals surface area contributed by atoms with Gasteiger partial charge < -0.3 is 0 Å². The Balaban J connectivity index is 2.44. The van der Waals surface area contributed by atoms with Gasteiger partial charge in [-0.05, 0) is 0 Å². The van der Waals surface area contributed by atoms with Gasteiger partial charge in [-0.1, -0.05) is 12.2 Å². The third-order valence-electron chi connectivity index (χ3n) is 1.23. The van der Waals surface area contributed by atoms with E-state index in [2.05, 4.69) is 5.43 Å². The lowest BCUT2D eigenvalue weighted by molar-refractivity contribution is -0.131. The third-order valence-corrected chi connectivity index (χ3v) is 1.23. The van der Waals surface area contributed by atoms with Gasteiger partial charge in [0.15, 0.2) is 0 Å². The van der Waals surface area contributed by atoms with E-state index in [1.165, 1.54) is 0 Å². The number of hydrogen-bond donors (Lipinski definition) is 1. The summed E-state index contributed by atoms with van der Waals surface area (Å²) in [4.78, 5) is 10.6. The first-order chi connectivity index (χ1) is 4.30. The fourth-order valence-electron chi connectivity index (χ4n) is 0.731. The molecule has 0 bridgehead atoms. The molecule has 1 heterocycles. The Hall–Kier alpha value is -0.830. The average molecular weight is 126 g/mol. The Morgan fingerprint density at radius 1 is 1.67 bits per heavy atom. The van der Waals surface area contributed by atoms with Gasteiger partial charge in [-0.15, -0.1) is 0 Å². The van der Waals surface area contributed by atoms with Crippen molar-refractivity contribution in [1.29, 1.82) is 0 Å². The van der Waals surface area contributed by atoms with Crippen LogP contribution < -0.4 is 5.43 Å². The lowest BCUT2D eigenvalue weighted by atomic mass is 10.4. The fourth-order valence-corrected chi connectivity index (χ4v) is 0.731. The van der Waals surface area contributed by atoms with Crippen LogP contribution in [-0.4, -0.2) is 24.0 Å². The quantitative estimate of drug-likeness (QED) is 0.460. The highest BCUT2D eigenvalue weighted by Gasteiger charge is 2.06. The number of carbonyl (C=O) groups is 1. The molecule has 1 rings (SSSR count). The molecule has 0 aromatic carbocycles. The number of carbonyl (C=O) groups excluding carboxylic acids is 1. The maximum Gasteiger partial charge on any atom is 0.233 e. The van der Waals surface area contributed by atoms with Gasteiger partial charge >= 0.3 is 0 Å². The molecule has 3 nitrogen and oxygen atoms in total. The molecule has 50 valence electrons. The van der Waals surface area contributed by atoms with Crippen molar-refractivity contribution in [2.75, 3.05) is 13.1 Å². The Morgan fingerprint density at radius 3 is 2.78 bits per heavy atom. The van der Waals surface area contributed by atoms with Gasteiger partial charge in [-0.25, -0.2) is 5.43 Å². The molecule has 9 heavy (non-hydrogen) atoms. The van der Waals surface area contributed by atoms with Gasteiger partial charge in [0.2, 0.25) is 5.91 Å². The zero-order valence-electron chi connectivity index (χ0n) is 5.42. The Labute approximate surface area is 54.3 Å². The first-order valence-corrected chi connectivity index (χ1v) is 2.97. The summed E-state index contributed by atoms with van der Waals surface area (Å²) in [7, 11) is 0. The normalized spacial score (nSPS) is 18.1. The predicted octanol–water partition coefficient (Wildman–Crippen LogP) is -0.0907. The van der Waals surface area contributed by atoms with E-state index in [9.17, 15) is 4.79 Å². The number of nitrogens with one attached hydrogen (secondary N) is 1. The summed E-state index contributed by atoms with van der Waals surface area (Å²) >= 11 is 0. The second-order valence-electron chi connectivity index (χ2n) is 1.96. The molecule has 0 radical (unpaired) electrons. The van der Waals surface area contributed by atoms with E-state index in [-0.39, 0.29) is 5.91 Å². The summed E-state index contributed by atoms with van der Waals surface area (Å²) in [5, 5.41) is 1.58. The highest BCUT2D eigenvalue weighted by Crippen LogP contribution is 1.89. The van der Waals surface area contributed by atoms with Crippen LogP contribution in [0.5, 0.6) is 0 Å².